The fraction of sp³-hybridized carbons (Fsp3) is 0.273. The molecule has 0 fully saturated rings. The van der Waals surface area contributed by atoms with E-state index in [4.69, 9.17) is 0 Å². The molecule has 0 radical (unpaired) electrons. The second kappa shape index (κ2) is 3.60. The van der Waals surface area contributed by atoms with Crippen LogP contribution < -0.4 is 10.4 Å². The van der Waals surface area contributed by atoms with E-state index in [0.717, 1.165) is 10.4 Å². The average Bonchev–Trinajstić information content (AvgIpc) is 2.00. The van der Waals surface area contributed by atoms with E-state index < -0.39 is 0 Å². The molecule has 1 aromatic carbocycles. The summed E-state index contributed by atoms with van der Waals surface area (Å²) >= 11 is 2.39. The van der Waals surface area contributed by atoms with E-state index in [1.165, 1.54) is 11.1 Å². The summed E-state index contributed by atoms with van der Waals surface area (Å²) in [5, 5.41) is 2.17. The van der Waals surface area contributed by atoms with E-state index >= 15 is 0 Å². The van der Waals surface area contributed by atoms with Gasteiger partial charge in [-0.05, 0) is 35.4 Å². The normalized spacial score (nSPS) is 12.9. The van der Waals surface area contributed by atoms with Crippen LogP contribution in [0.15, 0.2) is 12.1 Å². The number of benzene rings is 1. The van der Waals surface area contributed by atoms with E-state index in [-0.39, 0.29) is 0 Å². The molecule has 0 N–H and O–H groups in total. The Bertz CT molecular complexity index is 377. The molecule has 1 aromatic rings. The molecule has 0 heterocycles. The zero-order chi connectivity index (χ0) is 9.30. The van der Waals surface area contributed by atoms with Gasteiger partial charge >= 0.3 is 0 Å². The van der Waals surface area contributed by atoms with Crippen LogP contribution >= 0.6 is 22.6 Å². The van der Waals surface area contributed by atoms with Gasteiger partial charge in [0.25, 0.3) is 0 Å². The first-order valence-electron chi connectivity index (χ1n) is 3.95. The fourth-order valence-corrected chi connectivity index (χ4v) is 1.78. The highest BCUT2D eigenvalue weighted by atomic mass is 127. The molecule has 0 nitrogen and oxygen atoms in total. The topological polar surface area (TPSA) is 0 Å². The summed E-state index contributed by atoms with van der Waals surface area (Å²) in [6.45, 7) is 12.3. The van der Waals surface area contributed by atoms with Gasteiger partial charge in [-0.3, -0.25) is 0 Å². The standard InChI is InChI=1S/C11H13I/c1-7-5-6-11(10(4)12)9(3)8(7)2/h5-6,10H,2-3H2,1,4H3. The highest BCUT2D eigenvalue weighted by molar-refractivity contribution is 14.1. The van der Waals surface area contributed by atoms with Crippen molar-refractivity contribution in [1.82, 2.24) is 0 Å². The molecule has 0 aromatic heterocycles. The monoisotopic (exact) mass is 272 g/mol. The Morgan fingerprint density at radius 2 is 1.83 bits per heavy atom. The number of hydrogen-bond acceptors (Lipinski definition) is 0. The van der Waals surface area contributed by atoms with Crippen LogP contribution in [0.2, 0.25) is 0 Å². The maximum atomic E-state index is 4.03. The molecule has 0 saturated carbocycles. The molecule has 1 heteroatoms. The van der Waals surface area contributed by atoms with Crippen molar-refractivity contribution in [3.63, 3.8) is 0 Å². The Morgan fingerprint density at radius 3 is 2.33 bits per heavy atom. The lowest BCUT2D eigenvalue weighted by Gasteiger charge is -2.05. The van der Waals surface area contributed by atoms with Gasteiger partial charge in [-0.25, -0.2) is 0 Å². The highest BCUT2D eigenvalue weighted by Crippen LogP contribution is 2.17. The smallest absolute Gasteiger partial charge is 0.0337 e. The van der Waals surface area contributed by atoms with Crippen LogP contribution in [0.1, 0.15) is 22.0 Å². The summed E-state index contributed by atoms with van der Waals surface area (Å²) in [5.41, 5.74) is 2.52. The van der Waals surface area contributed by atoms with E-state index in [1.807, 2.05) is 0 Å². The summed E-state index contributed by atoms with van der Waals surface area (Å²) in [4.78, 5) is 0. The lowest BCUT2D eigenvalue weighted by molar-refractivity contribution is 1.11. The third kappa shape index (κ3) is 1.71. The largest absolute Gasteiger partial charge is 0.0909 e. The van der Waals surface area contributed by atoms with Gasteiger partial charge in [0.05, 0.1) is 0 Å². The van der Waals surface area contributed by atoms with Gasteiger partial charge in [0.1, 0.15) is 0 Å². The highest BCUT2D eigenvalue weighted by Gasteiger charge is 2.01. The predicted octanol–water partition coefficient (Wildman–Crippen LogP) is 2.31. The van der Waals surface area contributed by atoms with E-state index in [9.17, 15) is 0 Å². The number of alkyl halides is 1. The third-order valence-electron chi connectivity index (χ3n) is 2.13. The molecule has 0 spiro atoms. The van der Waals surface area contributed by atoms with Crippen molar-refractivity contribution in [2.45, 2.75) is 17.8 Å². The minimum atomic E-state index is 0.510. The third-order valence-corrected chi connectivity index (χ3v) is 2.80. The summed E-state index contributed by atoms with van der Waals surface area (Å²) in [6.07, 6.45) is 0. The number of halogens is 1. The van der Waals surface area contributed by atoms with E-state index in [1.54, 1.807) is 0 Å². The Labute approximate surface area is 87.1 Å². The van der Waals surface area contributed by atoms with Crippen molar-refractivity contribution in [2.75, 3.05) is 0 Å². The first-order chi connectivity index (χ1) is 5.54. The second-order valence-corrected chi connectivity index (χ2v) is 4.91. The molecule has 64 valence electrons. The van der Waals surface area contributed by atoms with Gasteiger partial charge < -0.3 is 0 Å². The molecule has 0 aliphatic carbocycles. The Hall–Kier alpha value is -0.310. The number of aryl methyl sites for hydroxylation is 1. The molecule has 1 rings (SSSR count). The molecule has 0 bridgehead atoms. The first kappa shape index (κ1) is 9.78. The molecule has 12 heavy (non-hydrogen) atoms. The Balaban J connectivity index is 3.48. The summed E-state index contributed by atoms with van der Waals surface area (Å²) in [5.74, 6) is 0. The lowest BCUT2D eigenvalue weighted by atomic mass is 10.1. The molecule has 1 atom stereocenters. The molecule has 0 aliphatic heterocycles. The van der Waals surface area contributed by atoms with Crippen LogP contribution in [0.25, 0.3) is 13.2 Å². The van der Waals surface area contributed by atoms with Crippen LogP contribution in [0, 0.1) is 6.92 Å². The maximum Gasteiger partial charge on any atom is 0.0337 e. The molecule has 1 unspecified atom stereocenters. The number of rotatable bonds is 1. The SMILES string of the molecule is C=c1c(C)ccc(C(C)I)c1=C. The van der Waals surface area contributed by atoms with Crippen LogP contribution in [0.4, 0.5) is 0 Å². The fourth-order valence-electron chi connectivity index (χ4n) is 1.20. The van der Waals surface area contributed by atoms with Gasteiger partial charge in [-0.1, -0.05) is 47.9 Å². The summed E-state index contributed by atoms with van der Waals surface area (Å²) in [6, 6.07) is 4.25. The zero-order valence-corrected chi connectivity index (χ0v) is 9.68. The molecular formula is C11H13I. The van der Waals surface area contributed by atoms with Gasteiger partial charge in [-0.2, -0.15) is 0 Å². The first-order valence-corrected chi connectivity index (χ1v) is 5.20. The predicted molar refractivity (Wildman–Crippen MR) is 63.9 cm³/mol. The second-order valence-electron chi connectivity index (χ2n) is 3.04. The minimum Gasteiger partial charge on any atom is -0.0909 e. The average molecular weight is 272 g/mol. The van der Waals surface area contributed by atoms with E-state index in [2.05, 4.69) is 61.7 Å². The van der Waals surface area contributed by atoms with Crippen molar-refractivity contribution in [3.8, 4) is 0 Å². The lowest BCUT2D eigenvalue weighted by Crippen LogP contribution is -2.28. The van der Waals surface area contributed by atoms with Gasteiger partial charge in [-0.15, -0.1) is 0 Å². The van der Waals surface area contributed by atoms with Crippen LogP contribution in [-0.2, 0) is 0 Å². The van der Waals surface area contributed by atoms with Crippen LogP contribution in [-0.4, -0.2) is 0 Å². The van der Waals surface area contributed by atoms with Crippen LogP contribution in [0.3, 0.4) is 0 Å². The Morgan fingerprint density at radius 1 is 1.25 bits per heavy atom. The van der Waals surface area contributed by atoms with Crippen molar-refractivity contribution < 1.29 is 0 Å². The van der Waals surface area contributed by atoms with Crippen molar-refractivity contribution >= 4 is 35.7 Å². The minimum absolute atomic E-state index is 0.510. The summed E-state index contributed by atoms with van der Waals surface area (Å²) < 4.78 is 0.510. The summed E-state index contributed by atoms with van der Waals surface area (Å²) in [7, 11) is 0. The van der Waals surface area contributed by atoms with Gasteiger partial charge in [0.2, 0.25) is 0 Å². The van der Waals surface area contributed by atoms with Gasteiger partial charge in [0.15, 0.2) is 0 Å². The Kier molecular flexibility index (Phi) is 2.94. The van der Waals surface area contributed by atoms with Crippen molar-refractivity contribution in [1.29, 1.82) is 0 Å². The van der Waals surface area contributed by atoms with Crippen molar-refractivity contribution in [3.05, 3.63) is 33.7 Å². The maximum absolute atomic E-state index is 4.03. The molecule has 0 amide bonds. The quantitative estimate of drug-likeness (QED) is 0.543. The molecular weight excluding hydrogens is 259 g/mol. The van der Waals surface area contributed by atoms with E-state index in [0.29, 0.717) is 3.92 Å². The molecule has 0 aliphatic rings. The van der Waals surface area contributed by atoms with Crippen molar-refractivity contribution in [2.24, 2.45) is 0 Å². The molecule has 0 saturated heterocycles. The number of hydrogen-bond donors (Lipinski definition) is 0. The van der Waals surface area contributed by atoms with Gasteiger partial charge in [0, 0.05) is 3.92 Å². The zero-order valence-electron chi connectivity index (χ0n) is 7.52. The van der Waals surface area contributed by atoms with Crippen LogP contribution in [0.5, 0.6) is 0 Å².